The van der Waals surface area contributed by atoms with Crippen LogP contribution in [0.25, 0.3) is 0 Å². The molecule has 0 aliphatic carbocycles. The van der Waals surface area contributed by atoms with E-state index in [2.05, 4.69) is 15.0 Å². The number of hydrogen-bond donors (Lipinski definition) is 1. The maximum Gasteiger partial charge on any atom is 0.387 e. The molecule has 1 N–H and O–H groups in total. The predicted molar refractivity (Wildman–Crippen MR) is 70.7 cm³/mol. The van der Waals surface area contributed by atoms with Gasteiger partial charge in [0, 0.05) is 5.75 Å². The number of anilines is 1. The van der Waals surface area contributed by atoms with E-state index in [0.717, 1.165) is 17.3 Å². The second-order valence-corrected chi connectivity index (χ2v) is 5.00. The molecule has 1 aliphatic rings. The molecule has 18 heavy (non-hydrogen) atoms. The summed E-state index contributed by atoms with van der Waals surface area (Å²) < 4.78 is 29.0. The van der Waals surface area contributed by atoms with Crippen LogP contribution in [0, 0.1) is 0 Å². The smallest absolute Gasteiger partial charge is 0.387 e. The zero-order valence-corrected chi connectivity index (χ0v) is 10.7. The molecule has 1 aromatic rings. The van der Waals surface area contributed by atoms with Crippen molar-refractivity contribution >= 4 is 22.6 Å². The third-order valence-corrected chi connectivity index (χ3v) is 3.38. The average Bonchev–Trinajstić information content (AvgIpc) is 2.31. The van der Waals surface area contributed by atoms with Gasteiger partial charge in [-0.2, -0.15) is 8.78 Å². The Hall–Kier alpha value is -1.30. The highest BCUT2D eigenvalue weighted by Crippen LogP contribution is 2.28. The van der Waals surface area contributed by atoms with Gasteiger partial charge in [0.05, 0.1) is 11.7 Å². The van der Waals surface area contributed by atoms with Crippen LogP contribution in [0.2, 0.25) is 0 Å². The van der Waals surface area contributed by atoms with Gasteiger partial charge in [0.1, 0.15) is 5.75 Å². The lowest BCUT2D eigenvalue weighted by Crippen LogP contribution is -2.18. The van der Waals surface area contributed by atoms with Gasteiger partial charge in [-0.25, -0.2) is 0 Å². The molecular weight excluding hydrogens is 258 g/mol. The summed E-state index contributed by atoms with van der Waals surface area (Å²) in [6, 6.07) is 6.88. The summed E-state index contributed by atoms with van der Waals surface area (Å²) in [5.41, 5.74) is 0.512. The van der Waals surface area contributed by atoms with Gasteiger partial charge >= 0.3 is 6.61 Å². The van der Waals surface area contributed by atoms with Gasteiger partial charge < -0.3 is 10.1 Å². The third kappa shape index (κ3) is 3.60. The Morgan fingerprint density at radius 1 is 1.44 bits per heavy atom. The van der Waals surface area contributed by atoms with Gasteiger partial charge in [-0.1, -0.05) is 23.9 Å². The van der Waals surface area contributed by atoms with E-state index >= 15 is 0 Å². The first-order valence-electron chi connectivity index (χ1n) is 5.66. The van der Waals surface area contributed by atoms with E-state index in [4.69, 9.17) is 0 Å². The van der Waals surface area contributed by atoms with Crippen LogP contribution in [0.15, 0.2) is 29.3 Å². The number of halogens is 2. The standard InChI is InChI=1S/C12H14F2N2OS/c1-8-6-7-18-12(15-8)16-9-4-2-3-5-10(9)17-11(13)14/h2-5,8,11H,6-7H2,1H3,(H,15,16). The molecule has 0 saturated carbocycles. The van der Waals surface area contributed by atoms with Crippen LogP contribution in [-0.2, 0) is 0 Å². The number of para-hydroxylation sites is 2. The fourth-order valence-electron chi connectivity index (χ4n) is 1.58. The molecule has 0 bridgehead atoms. The van der Waals surface area contributed by atoms with Crippen molar-refractivity contribution in [3.05, 3.63) is 24.3 Å². The lowest BCUT2D eigenvalue weighted by atomic mass is 10.3. The summed E-state index contributed by atoms with van der Waals surface area (Å²) in [4.78, 5) is 4.42. The van der Waals surface area contributed by atoms with Crippen molar-refractivity contribution in [3.63, 3.8) is 0 Å². The molecule has 98 valence electrons. The largest absolute Gasteiger partial charge is 0.433 e. The van der Waals surface area contributed by atoms with Crippen LogP contribution in [-0.4, -0.2) is 23.6 Å². The molecule has 2 rings (SSSR count). The Morgan fingerprint density at radius 2 is 2.22 bits per heavy atom. The summed E-state index contributed by atoms with van der Waals surface area (Å²) in [6.45, 7) is -0.795. The van der Waals surface area contributed by atoms with Crippen molar-refractivity contribution in [2.75, 3.05) is 11.1 Å². The lowest BCUT2D eigenvalue weighted by molar-refractivity contribution is -0.0493. The van der Waals surface area contributed by atoms with Crippen molar-refractivity contribution in [2.45, 2.75) is 26.0 Å². The fourth-order valence-corrected chi connectivity index (χ4v) is 2.67. The van der Waals surface area contributed by atoms with Crippen LogP contribution in [0.3, 0.4) is 0 Å². The van der Waals surface area contributed by atoms with E-state index in [-0.39, 0.29) is 11.8 Å². The van der Waals surface area contributed by atoms with Crippen LogP contribution < -0.4 is 10.1 Å². The van der Waals surface area contributed by atoms with Gasteiger partial charge in [-0.3, -0.25) is 4.99 Å². The number of nitrogens with zero attached hydrogens (tertiary/aromatic N) is 1. The van der Waals surface area contributed by atoms with Crippen LogP contribution in [0.4, 0.5) is 14.5 Å². The van der Waals surface area contributed by atoms with Crippen LogP contribution in [0.1, 0.15) is 13.3 Å². The van der Waals surface area contributed by atoms with Gasteiger partial charge in [0.2, 0.25) is 0 Å². The van der Waals surface area contributed by atoms with Crippen molar-refractivity contribution in [3.8, 4) is 5.75 Å². The van der Waals surface area contributed by atoms with Crippen LogP contribution in [0.5, 0.6) is 5.75 Å². The fraction of sp³-hybridized carbons (Fsp3) is 0.417. The average molecular weight is 272 g/mol. The zero-order chi connectivity index (χ0) is 13.0. The minimum absolute atomic E-state index is 0.133. The molecule has 1 atom stereocenters. The number of hydrogen-bond acceptors (Lipinski definition) is 4. The normalized spacial score (nSPS) is 19.6. The predicted octanol–water partition coefficient (Wildman–Crippen LogP) is 3.58. The second-order valence-electron chi connectivity index (χ2n) is 3.92. The van der Waals surface area contributed by atoms with Crippen molar-refractivity contribution in [1.82, 2.24) is 0 Å². The summed E-state index contributed by atoms with van der Waals surface area (Å²) in [5.74, 6) is 1.11. The van der Waals surface area contributed by atoms with Gasteiger partial charge in [-0.15, -0.1) is 0 Å². The Bertz CT molecular complexity index is 440. The SMILES string of the molecule is CC1CCSC(Nc2ccccc2OC(F)F)=N1. The molecule has 1 aromatic carbocycles. The Labute approximate surface area is 109 Å². The Balaban J connectivity index is 2.13. The highest BCUT2D eigenvalue weighted by Gasteiger charge is 2.14. The quantitative estimate of drug-likeness (QED) is 0.913. The summed E-state index contributed by atoms with van der Waals surface area (Å²) in [6.07, 6.45) is 1.03. The number of rotatable bonds is 3. The van der Waals surface area contributed by atoms with Gasteiger partial charge in [-0.05, 0) is 25.5 Å². The van der Waals surface area contributed by atoms with Gasteiger partial charge in [0.25, 0.3) is 0 Å². The summed E-state index contributed by atoms with van der Waals surface area (Å²) >= 11 is 1.59. The van der Waals surface area contributed by atoms with Crippen LogP contribution >= 0.6 is 11.8 Å². The summed E-state index contributed by atoms with van der Waals surface area (Å²) in [7, 11) is 0. The number of amidine groups is 1. The molecule has 6 heteroatoms. The summed E-state index contributed by atoms with van der Waals surface area (Å²) in [5, 5.41) is 3.79. The Morgan fingerprint density at radius 3 is 2.94 bits per heavy atom. The second kappa shape index (κ2) is 6.04. The number of alkyl halides is 2. The van der Waals surface area contributed by atoms with E-state index in [0.29, 0.717) is 5.69 Å². The number of nitrogens with one attached hydrogen (secondary N) is 1. The lowest BCUT2D eigenvalue weighted by Gasteiger charge is -2.19. The minimum Gasteiger partial charge on any atom is -0.433 e. The Kier molecular flexibility index (Phi) is 4.41. The monoisotopic (exact) mass is 272 g/mol. The molecule has 3 nitrogen and oxygen atoms in total. The molecule has 0 fully saturated rings. The van der Waals surface area contributed by atoms with Gasteiger partial charge in [0.15, 0.2) is 5.17 Å². The minimum atomic E-state index is -2.83. The van der Waals surface area contributed by atoms with E-state index in [1.807, 2.05) is 6.92 Å². The number of benzene rings is 1. The number of aliphatic imine (C=N–C) groups is 1. The van der Waals surface area contributed by atoms with E-state index < -0.39 is 6.61 Å². The maximum absolute atomic E-state index is 12.3. The molecule has 0 aromatic heterocycles. The first-order chi connectivity index (χ1) is 8.65. The number of thioether (sulfide) groups is 1. The first kappa shape index (κ1) is 13.1. The molecule has 1 unspecified atom stereocenters. The molecule has 1 heterocycles. The van der Waals surface area contributed by atoms with E-state index in [9.17, 15) is 8.78 Å². The third-order valence-electron chi connectivity index (χ3n) is 2.46. The first-order valence-corrected chi connectivity index (χ1v) is 6.65. The molecule has 0 radical (unpaired) electrons. The van der Waals surface area contributed by atoms with Crippen molar-refractivity contribution < 1.29 is 13.5 Å². The van der Waals surface area contributed by atoms with Crippen molar-refractivity contribution in [2.24, 2.45) is 4.99 Å². The van der Waals surface area contributed by atoms with Crippen molar-refractivity contribution in [1.29, 1.82) is 0 Å². The molecule has 0 amide bonds. The zero-order valence-electron chi connectivity index (χ0n) is 9.90. The highest BCUT2D eigenvalue weighted by molar-refractivity contribution is 8.14. The maximum atomic E-state index is 12.3. The highest BCUT2D eigenvalue weighted by atomic mass is 32.2. The number of ether oxygens (including phenoxy) is 1. The molecule has 0 spiro atoms. The van der Waals surface area contributed by atoms with E-state index in [1.54, 1.807) is 30.0 Å². The molecule has 1 aliphatic heterocycles. The van der Waals surface area contributed by atoms with E-state index in [1.165, 1.54) is 6.07 Å². The molecular formula is C12H14F2N2OS. The topological polar surface area (TPSA) is 33.6 Å². The molecule has 0 saturated heterocycles.